The van der Waals surface area contributed by atoms with Gasteiger partial charge in [0.2, 0.25) is 0 Å². The lowest BCUT2D eigenvalue weighted by Crippen LogP contribution is -2.42. The Morgan fingerprint density at radius 3 is 2.24 bits per heavy atom. The lowest BCUT2D eigenvalue weighted by Gasteiger charge is -2.27. The Hall–Kier alpha value is -1.57. The molecule has 0 atom stereocenters. The number of rotatable bonds is 4. The van der Waals surface area contributed by atoms with E-state index in [0.717, 1.165) is 0 Å². The Morgan fingerprint density at radius 2 is 1.67 bits per heavy atom. The average molecular weight is 285 g/mol. The lowest BCUT2D eigenvalue weighted by molar-refractivity contribution is -0.681. The van der Waals surface area contributed by atoms with Crippen LogP contribution in [0, 0.1) is 0 Å². The van der Waals surface area contributed by atoms with Crippen LogP contribution < -0.4 is 4.57 Å². The summed E-state index contributed by atoms with van der Waals surface area (Å²) in [6.45, 7) is 13.7. The third-order valence-electron chi connectivity index (χ3n) is 4.40. The number of aryl methyl sites for hydroxylation is 1. The molecule has 1 aromatic carbocycles. The molecule has 21 heavy (non-hydrogen) atoms. The first-order chi connectivity index (χ1) is 9.76. The van der Waals surface area contributed by atoms with Gasteiger partial charge in [0.05, 0.1) is 18.5 Å². The molecular weight excluding hydrogens is 256 g/mol. The predicted molar refractivity (Wildman–Crippen MR) is 88.7 cm³/mol. The maximum absolute atomic E-state index is 2.39. The lowest BCUT2D eigenvalue weighted by atomic mass is 9.78. The summed E-state index contributed by atoms with van der Waals surface area (Å²) in [4.78, 5) is 0. The van der Waals surface area contributed by atoms with Gasteiger partial charge in [-0.05, 0) is 44.7 Å². The Kier molecular flexibility index (Phi) is 4.27. The van der Waals surface area contributed by atoms with Gasteiger partial charge in [-0.3, -0.25) is 0 Å². The Morgan fingerprint density at radius 1 is 1.05 bits per heavy atom. The van der Waals surface area contributed by atoms with Crippen molar-refractivity contribution in [3.05, 3.63) is 53.6 Å². The molecule has 2 rings (SSSR count). The van der Waals surface area contributed by atoms with Crippen LogP contribution in [0.5, 0.6) is 0 Å². The van der Waals surface area contributed by atoms with Gasteiger partial charge >= 0.3 is 0 Å². The summed E-state index contributed by atoms with van der Waals surface area (Å²) in [5.41, 5.74) is 2.85. The first kappa shape index (κ1) is 15.8. The molecule has 0 unspecified atom stereocenters. The topological polar surface area (TPSA) is 8.81 Å². The molecule has 2 aromatic rings. The third-order valence-corrected chi connectivity index (χ3v) is 4.40. The minimum atomic E-state index is -0.0244. The number of hydrogen-bond donors (Lipinski definition) is 0. The summed E-state index contributed by atoms with van der Waals surface area (Å²) in [6, 6.07) is 9.33. The Balaban J connectivity index is 2.66. The molecule has 0 fully saturated rings. The molecule has 0 aliphatic carbocycles. The zero-order valence-electron chi connectivity index (χ0n) is 14.5. The highest BCUT2D eigenvalue weighted by Crippen LogP contribution is 2.35. The first-order valence-corrected chi connectivity index (χ1v) is 7.93. The Bertz CT molecular complexity index is 618. The molecule has 1 aromatic heterocycles. The van der Waals surface area contributed by atoms with E-state index >= 15 is 0 Å². The molecule has 0 spiro atoms. The number of imidazole rings is 1. The standard InChI is InChI=1S/C19H29N2/c1-14(2)16-10-8-9-11-17(16)19(5,6)18-20(7)12-13-21(18)15(3)4/h8-15H,1-7H3/q+1. The molecule has 0 saturated heterocycles. The normalized spacial score (nSPS) is 12.4. The van der Waals surface area contributed by atoms with Crippen LogP contribution >= 0.6 is 0 Å². The van der Waals surface area contributed by atoms with Gasteiger partial charge in [-0.25, -0.2) is 9.13 Å². The smallest absolute Gasteiger partial charge is 0.236 e. The molecule has 0 bridgehead atoms. The van der Waals surface area contributed by atoms with E-state index in [1.807, 2.05) is 0 Å². The molecule has 0 aliphatic heterocycles. The highest BCUT2D eigenvalue weighted by Gasteiger charge is 2.37. The predicted octanol–water partition coefficient (Wildman–Crippen LogP) is 4.34. The summed E-state index contributed by atoms with van der Waals surface area (Å²) in [7, 11) is 2.15. The van der Waals surface area contributed by atoms with Gasteiger partial charge in [-0.1, -0.05) is 38.1 Å². The van der Waals surface area contributed by atoms with E-state index in [-0.39, 0.29) is 5.41 Å². The maximum Gasteiger partial charge on any atom is 0.266 e. The molecule has 0 aliphatic rings. The van der Waals surface area contributed by atoms with E-state index < -0.39 is 0 Å². The fourth-order valence-electron chi connectivity index (χ4n) is 3.37. The zero-order chi connectivity index (χ0) is 15.8. The van der Waals surface area contributed by atoms with Crippen LogP contribution in [0.4, 0.5) is 0 Å². The number of aromatic nitrogens is 2. The van der Waals surface area contributed by atoms with Gasteiger partial charge in [0.1, 0.15) is 12.4 Å². The van der Waals surface area contributed by atoms with E-state index in [1.54, 1.807) is 0 Å². The molecule has 2 heteroatoms. The van der Waals surface area contributed by atoms with Crippen molar-refractivity contribution in [1.29, 1.82) is 0 Å². The molecule has 114 valence electrons. The summed E-state index contributed by atoms with van der Waals surface area (Å²) < 4.78 is 4.65. The van der Waals surface area contributed by atoms with Gasteiger partial charge in [-0.15, -0.1) is 0 Å². The average Bonchev–Trinajstić information content (AvgIpc) is 2.81. The van der Waals surface area contributed by atoms with Crippen LogP contribution in [0.15, 0.2) is 36.7 Å². The van der Waals surface area contributed by atoms with Crippen molar-refractivity contribution in [3.8, 4) is 0 Å². The second-order valence-corrected chi connectivity index (χ2v) is 7.10. The SMILES string of the molecule is CC(C)c1ccccc1C(C)(C)c1n(C(C)C)cc[n+]1C. The molecule has 0 N–H and O–H groups in total. The van der Waals surface area contributed by atoms with Crippen LogP contribution in [-0.2, 0) is 12.5 Å². The van der Waals surface area contributed by atoms with Crippen molar-refractivity contribution in [2.75, 3.05) is 0 Å². The minimum Gasteiger partial charge on any atom is -0.236 e. The number of benzene rings is 1. The molecule has 0 saturated carbocycles. The second-order valence-electron chi connectivity index (χ2n) is 7.10. The highest BCUT2D eigenvalue weighted by atomic mass is 15.2. The summed E-state index contributed by atoms with van der Waals surface area (Å²) in [6.07, 6.45) is 4.36. The summed E-state index contributed by atoms with van der Waals surface area (Å²) in [5.74, 6) is 1.89. The van der Waals surface area contributed by atoms with Gasteiger partial charge in [0, 0.05) is 0 Å². The highest BCUT2D eigenvalue weighted by molar-refractivity contribution is 5.39. The largest absolute Gasteiger partial charge is 0.266 e. The van der Waals surface area contributed by atoms with Gasteiger partial charge in [-0.2, -0.15) is 0 Å². The van der Waals surface area contributed by atoms with E-state index in [1.165, 1.54) is 17.0 Å². The van der Waals surface area contributed by atoms with E-state index in [2.05, 4.69) is 94.4 Å². The van der Waals surface area contributed by atoms with Crippen molar-refractivity contribution < 1.29 is 4.57 Å². The molecular formula is C19H29N2+. The van der Waals surface area contributed by atoms with E-state index in [0.29, 0.717) is 12.0 Å². The van der Waals surface area contributed by atoms with Gasteiger partial charge in [0.25, 0.3) is 5.82 Å². The zero-order valence-corrected chi connectivity index (χ0v) is 14.5. The third kappa shape index (κ3) is 2.76. The van der Waals surface area contributed by atoms with Crippen LogP contribution in [-0.4, -0.2) is 4.57 Å². The summed E-state index contributed by atoms with van der Waals surface area (Å²) >= 11 is 0. The van der Waals surface area contributed by atoms with Crippen LogP contribution in [0.3, 0.4) is 0 Å². The molecule has 0 amide bonds. The number of nitrogens with zero attached hydrogens (tertiary/aromatic N) is 2. The van der Waals surface area contributed by atoms with Crippen LogP contribution in [0.2, 0.25) is 0 Å². The quantitative estimate of drug-likeness (QED) is 0.739. The summed E-state index contributed by atoms with van der Waals surface area (Å²) in [5, 5.41) is 0. The van der Waals surface area contributed by atoms with Gasteiger partial charge < -0.3 is 0 Å². The van der Waals surface area contributed by atoms with Crippen molar-refractivity contribution in [2.45, 2.75) is 58.9 Å². The molecule has 0 radical (unpaired) electrons. The van der Waals surface area contributed by atoms with Crippen molar-refractivity contribution >= 4 is 0 Å². The van der Waals surface area contributed by atoms with Crippen molar-refractivity contribution in [1.82, 2.24) is 4.57 Å². The first-order valence-electron chi connectivity index (χ1n) is 7.93. The van der Waals surface area contributed by atoms with Gasteiger partial charge in [0.15, 0.2) is 0 Å². The number of hydrogen-bond acceptors (Lipinski definition) is 0. The molecule has 2 nitrogen and oxygen atoms in total. The van der Waals surface area contributed by atoms with Crippen LogP contribution in [0.25, 0.3) is 0 Å². The Labute approximate surface area is 129 Å². The van der Waals surface area contributed by atoms with E-state index in [4.69, 9.17) is 0 Å². The second kappa shape index (κ2) is 5.67. The van der Waals surface area contributed by atoms with E-state index in [9.17, 15) is 0 Å². The van der Waals surface area contributed by atoms with Crippen molar-refractivity contribution in [3.63, 3.8) is 0 Å². The monoisotopic (exact) mass is 285 g/mol. The molecule has 1 heterocycles. The van der Waals surface area contributed by atoms with Crippen molar-refractivity contribution in [2.24, 2.45) is 7.05 Å². The fraction of sp³-hybridized carbons (Fsp3) is 0.526. The van der Waals surface area contributed by atoms with Crippen LogP contribution in [0.1, 0.15) is 70.5 Å². The minimum absolute atomic E-state index is 0.0244. The maximum atomic E-state index is 2.39. The fourth-order valence-corrected chi connectivity index (χ4v) is 3.37.